The molecule has 0 bridgehead atoms. The topological polar surface area (TPSA) is 24.5 Å². The molecule has 0 atom stereocenters. The Balaban J connectivity index is 1.93. The number of benzene rings is 1. The molecule has 1 aromatic rings. The smallest absolute Gasteiger partial charge is 0.143 e. The van der Waals surface area contributed by atoms with Crippen LogP contribution in [0, 0.1) is 0 Å². The van der Waals surface area contributed by atoms with Crippen LogP contribution in [-0.4, -0.2) is 36.7 Å². The lowest BCUT2D eigenvalue weighted by molar-refractivity contribution is 0.116. The molecule has 3 nitrogen and oxygen atoms in total. The van der Waals surface area contributed by atoms with E-state index in [1.807, 2.05) is 0 Å². The van der Waals surface area contributed by atoms with Gasteiger partial charge < -0.3 is 15.0 Å². The van der Waals surface area contributed by atoms with Crippen molar-refractivity contribution < 1.29 is 4.74 Å². The van der Waals surface area contributed by atoms with Crippen LogP contribution in [0.4, 0.5) is 5.69 Å². The van der Waals surface area contributed by atoms with Gasteiger partial charge in [-0.2, -0.15) is 0 Å². The monoisotopic (exact) mass is 290 g/mol. The maximum atomic E-state index is 6.00. The van der Waals surface area contributed by atoms with Crippen LogP contribution in [0.5, 0.6) is 5.75 Å². The van der Waals surface area contributed by atoms with Crippen LogP contribution in [-0.2, 0) is 6.42 Å². The highest BCUT2D eigenvalue weighted by atomic mass is 16.5. The second kappa shape index (κ2) is 7.17. The van der Waals surface area contributed by atoms with Gasteiger partial charge in [0.1, 0.15) is 11.4 Å². The van der Waals surface area contributed by atoms with E-state index in [2.05, 4.69) is 56.1 Å². The van der Waals surface area contributed by atoms with E-state index in [9.17, 15) is 0 Å². The first kappa shape index (κ1) is 16.2. The number of hydrogen-bond acceptors (Lipinski definition) is 3. The van der Waals surface area contributed by atoms with Gasteiger partial charge >= 0.3 is 0 Å². The molecule has 0 spiro atoms. The zero-order valence-electron chi connectivity index (χ0n) is 14.0. The third-order valence-corrected chi connectivity index (χ3v) is 4.13. The van der Waals surface area contributed by atoms with Crippen molar-refractivity contribution >= 4 is 5.69 Å². The van der Waals surface area contributed by atoms with Crippen LogP contribution >= 0.6 is 0 Å². The molecule has 1 heterocycles. The SMILES string of the molecule is CCCCN(CC)CCc1ccc2c(c1)NCC(C)(C)O2. The Morgan fingerprint density at radius 3 is 2.76 bits per heavy atom. The van der Waals surface area contributed by atoms with E-state index >= 15 is 0 Å². The standard InChI is InChI=1S/C18H30N2O/c1-5-7-11-20(6-2)12-10-15-8-9-17-16(13-15)19-14-18(3,4)21-17/h8-9,13,19H,5-7,10-12,14H2,1-4H3. The van der Waals surface area contributed by atoms with E-state index in [0.29, 0.717) is 0 Å². The fraction of sp³-hybridized carbons (Fsp3) is 0.667. The third-order valence-electron chi connectivity index (χ3n) is 4.13. The highest BCUT2D eigenvalue weighted by Gasteiger charge is 2.26. The molecule has 1 aliphatic heterocycles. The van der Waals surface area contributed by atoms with Crippen LogP contribution in [0.15, 0.2) is 18.2 Å². The Labute approximate surface area is 129 Å². The lowest BCUT2D eigenvalue weighted by Gasteiger charge is -2.33. The predicted molar refractivity (Wildman–Crippen MR) is 90.4 cm³/mol. The number of nitrogens with one attached hydrogen (secondary N) is 1. The Morgan fingerprint density at radius 1 is 1.24 bits per heavy atom. The van der Waals surface area contributed by atoms with Gasteiger partial charge in [0.05, 0.1) is 12.2 Å². The minimum absolute atomic E-state index is 0.117. The molecule has 0 amide bonds. The number of fused-ring (bicyclic) bond motifs is 1. The lowest BCUT2D eigenvalue weighted by atomic mass is 10.0. The largest absolute Gasteiger partial charge is 0.484 e. The average molecular weight is 290 g/mol. The van der Waals surface area contributed by atoms with Gasteiger partial charge in [-0.05, 0) is 57.5 Å². The van der Waals surface area contributed by atoms with Gasteiger partial charge in [0.2, 0.25) is 0 Å². The second-order valence-electron chi connectivity index (χ2n) is 6.58. The van der Waals surface area contributed by atoms with E-state index in [-0.39, 0.29) is 5.60 Å². The first-order valence-corrected chi connectivity index (χ1v) is 8.32. The summed E-state index contributed by atoms with van der Waals surface area (Å²) in [5.74, 6) is 0.980. The van der Waals surface area contributed by atoms with Gasteiger partial charge in [-0.3, -0.25) is 0 Å². The summed E-state index contributed by atoms with van der Waals surface area (Å²) in [4.78, 5) is 2.54. The van der Waals surface area contributed by atoms with Crippen LogP contribution in [0.1, 0.15) is 46.1 Å². The molecule has 0 saturated carbocycles. The number of ether oxygens (including phenoxy) is 1. The highest BCUT2D eigenvalue weighted by Crippen LogP contribution is 2.33. The van der Waals surface area contributed by atoms with Crippen LogP contribution < -0.4 is 10.1 Å². The normalized spacial score (nSPS) is 16.2. The van der Waals surface area contributed by atoms with Gasteiger partial charge in [0, 0.05) is 6.54 Å². The molecule has 21 heavy (non-hydrogen) atoms. The fourth-order valence-corrected chi connectivity index (χ4v) is 2.70. The summed E-state index contributed by atoms with van der Waals surface area (Å²) in [6.07, 6.45) is 3.67. The van der Waals surface area contributed by atoms with Gasteiger partial charge in [0.25, 0.3) is 0 Å². The first-order valence-electron chi connectivity index (χ1n) is 8.32. The Morgan fingerprint density at radius 2 is 2.05 bits per heavy atom. The predicted octanol–water partition coefficient (Wildman–Crippen LogP) is 3.93. The average Bonchev–Trinajstić information content (AvgIpc) is 2.47. The van der Waals surface area contributed by atoms with Crippen molar-refractivity contribution in [3.63, 3.8) is 0 Å². The number of likely N-dealkylation sites (N-methyl/N-ethyl adjacent to an activating group) is 1. The first-order chi connectivity index (χ1) is 10.0. The molecular formula is C18H30N2O. The van der Waals surface area contributed by atoms with Crippen molar-refractivity contribution in [2.24, 2.45) is 0 Å². The van der Waals surface area contributed by atoms with E-state index in [0.717, 1.165) is 37.5 Å². The van der Waals surface area contributed by atoms with Crippen molar-refractivity contribution in [3.05, 3.63) is 23.8 Å². The number of nitrogens with zero attached hydrogens (tertiary/aromatic N) is 1. The zero-order valence-corrected chi connectivity index (χ0v) is 14.0. The molecule has 1 aliphatic rings. The molecule has 0 radical (unpaired) electrons. The van der Waals surface area contributed by atoms with Crippen molar-refractivity contribution in [2.45, 2.75) is 52.6 Å². The van der Waals surface area contributed by atoms with Crippen molar-refractivity contribution in [3.8, 4) is 5.75 Å². The van der Waals surface area contributed by atoms with Crippen LogP contribution in [0.25, 0.3) is 0 Å². The molecule has 0 aliphatic carbocycles. The van der Waals surface area contributed by atoms with Gasteiger partial charge in [-0.15, -0.1) is 0 Å². The molecule has 118 valence electrons. The van der Waals surface area contributed by atoms with E-state index in [1.54, 1.807) is 0 Å². The van der Waals surface area contributed by atoms with E-state index in [1.165, 1.54) is 24.9 Å². The summed E-state index contributed by atoms with van der Waals surface area (Å²) in [7, 11) is 0. The van der Waals surface area contributed by atoms with Crippen LogP contribution in [0.2, 0.25) is 0 Å². The molecule has 3 heteroatoms. The summed E-state index contributed by atoms with van der Waals surface area (Å²) in [5, 5.41) is 3.49. The third kappa shape index (κ3) is 4.63. The van der Waals surface area contributed by atoms with Gasteiger partial charge in [-0.1, -0.05) is 26.3 Å². The van der Waals surface area contributed by atoms with E-state index in [4.69, 9.17) is 4.74 Å². The fourth-order valence-electron chi connectivity index (χ4n) is 2.70. The summed E-state index contributed by atoms with van der Waals surface area (Å²) in [6, 6.07) is 6.56. The highest BCUT2D eigenvalue weighted by molar-refractivity contribution is 5.60. The quantitative estimate of drug-likeness (QED) is 0.823. The second-order valence-corrected chi connectivity index (χ2v) is 6.58. The minimum Gasteiger partial charge on any atom is -0.484 e. The molecule has 0 saturated heterocycles. The number of rotatable bonds is 7. The molecule has 1 N–H and O–H groups in total. The Hall–Kier alpha value is -1.22. The number of unbranched alkanes of at least 4 members (excludes halogenated alkanes) is 1. The number of hydrogen-bond donors (Lipinski definition) is 1. The number of anilines is 1. The Bertz CT molecular complexity index is 457. The molecule has 0 aromatic heterocycles. The molecule has 0 fully saturated rings. The summed E-state index contributed by atoms with van der Waals surface area (Å²) in [5.41, 5.74) is 2.41. The van der Waals surface area contributed by atoms with Crippen molar-refractivity contribution in [2.75, 3.05) is 31.5 Å². The molecule has 0 unspecified atom stereocenters. The minimum atomic E-state index is -0.117. The van der Waals surface area contributed by atoms with Crippen LogP contribution in [0.3, 0.4) is 0 Å². The molecule has 1 aromatic carbocycles. The van der Waals surface area contributed by atoms with Crippen molar-refractivity contribution in [1.82, 2.24) is 4.90 Å². The lowest BCUT2D eigenvalue weighted by Crippen LogP contribution is -2.40. The summed E-state index contributed by atoms with van der Waals surface area (Å²) < 4.78 is 6.00. The maximum Gasteiger partial charge on any atom is 0.143 e. The zero-order chi connectivity index (χ0) is 15.3. The molecular weight excluding hydrogens is 260 g/mol. The summed E-state index contributed by atoms with van der Waals surface area (Å²) >= 11 is 0. The van der Waals surface area contributed by atoms with E-state index < -0.39 is 0 Å². The van der Waals surface area contributed by atoms with Gasteiger partial charge in [0.15, 0.2) is 0 Å². The summed E-state index contributed by atoms with van der Waals surface area (Å²) in [6.45, 7) is 13.1. The Kier molecular flexibility index (Phi) is 5.51. The van der Waals surface area contributed by atoms with Gasteiger partial charge in [-0.25, -0.2) is 0 Å². The van der Waals surface area contributed by atoms with Crippen molar-refractivity contribution in [1.29, 1.82) is 0 Å². The molecule has 2 rings (SSSR count). The maximum absolute atomic E-state index is 6.00.